The lowest BCUT2D eigenvalue weighted by Gasteiger charge is -2.18. The minimum absolute atomic E-state index is 0.0749. The Labute approximate surface area is 409 Å². The first-order valence-corrected chi connectivity index (χ1v) is 28.6. The highest BCUT2D eigenvalue weighted by molar-refractivity contribution is 5.71. The third-order valence-corrected chi connectivity index (χ3v) is 12.6. The quantitative estimate of drug-likeness (QED) is 0.0262. The molecular weight excluding hydrogens is 817 g/mol. The van der Waals surface area contributed by atoms with E-state index in [2.05, 4.69) is 69.4 Å². The van der Waals surface area contributed by atoms with Crippen LogP contribution >= 0.6 is 0 Å². The molecule has 6 nitrogen and oxygen atoms in total. The van der Waals surface area contributed by atoms with Gasteiger partial charge in [-0.2, -0.15) is 0 Å². The summed E-state index contributed by atoms with van der Waals surface area (Å²) < 4.78 is 16.8. The Bertz CT molecular complexity index is 1150. The summed E-state index contributed by atoms with van der Waals surface area (Å²) in [5.41, 5.74) is 0. The van der Waals surface area contributed by atoms with Gasteiger partial charge in [-0.15, -0.1) is 0 Å². The van der Waals surface area contributed by atoms with Crippen molar-refractivity contribution >= 4 is 17.9 Å². The Kier molecular flexibility index (Phi) is 52.8. The Hall–Kier alpha value is -2.63. The standard InChI is InChI=1S/C60H108O6/c1-4-7-10-13-16-19-22-24-25-26-27-28-29-30-31-32-33-34-35-36-39-41-44-47-50-53-59(62)65-56-57(55-64-58(61)52-49-46-43-40-37-21-18-15-12-9-6-3)66-60(63)54-51-48-45-42-38-23-20-17-14-11-8-5-2/h17,20,22,24,26-27,29-30,57H,4-16,18-19,21,23,25,28,31-56H2,1-3H3/b20-17-,24-22-,27-26-,30-29-. The molecule has 0 N–H and O–H groups in total. The molecule has 0 saturated heterocycles. The van der Waals surface area contributed by atoms with Gasteiger partial charge >= 0.3 is 17.9 Å². The van der Waals surface area contributed by atoms with E-state index in [0.717, 1.165) is 83.5 Å². The van der Waals surface area contributed by atoms with Gasteiger partial charge in [0.05, 0.1) is 0 Å². The van der Waals surface area contributed by atoms with Crippen LogP contribution in [0.3, 0.4) is 0 Å². The van der Waals surface area contributed by atoms with Gasteiger partial charge in [-0.3, -0.25) is 14.4 Å². The summed E-state index contributed by atoms with van der Waals surface area (Å²) in [5, 5.41) is 0. The van der Waals surface area contributed by atoms with Crippen molar-refractivity contribution < 1.29 is 28.6 Å². The van der Waals surface area contributed by atoms with Gasteiger partial charge in [0.2, 0.25) is 0 Å². The Morgan fingerprint density at radius 2 is 0.545 bits per heavy atom. The summed E-state index contributed by atoms with van der Waals surface area (Å²) in [7, 11) is 0. The molecule has 6 heteroatoms. The third-order valence-electron chi connectivity index (χ3n) is 12.6. The first-order valence-electron chi connectivity index (χ1n) is 28.6. The van der Waals surface area contributed by atoms with Gasteiger partial charge in [-0.25, -0.2) is 0 Å². The molecule has 1 atom stereocenters. The van der Waals surface area contributed by atoms with Crippen molar-refractivity contribution in [2.24, 2.45) is 0 Å². The monoisotopic (exact) mass is 925 g/mol. The first-order chi connectivity index (χ1) is 32.5. The van der Waals surface area contributed by atoms with E-state index in [1.54, 1.807) is 0 Å². The van der Waals surface area contributed by atoms with Crippen molar-refractivity contribution in [1.29, 1.82) is 0 Å². The molecule has 384 valence electrons. The van der Waals surface area contributed by atoms with Gasteiger partial charge in [-0.05, 0) is 83.5 Å². The number of rotatable bonds is 52. The third kappa shape index (κ3) is 52.3. The van der Waals surface area contributed by atoms with Gasteiger partial charge in [0.25, 0.3) is 0 Å². The maximum absolute atomic E-state index is 12.8. The number of carbonyl (C=O) groups excluding carboxylic acids is 3. The topological polar surface area (TPSA) is 78.9 Å². The van der Waals surface area contributed by atoms with Crippen molar-refractivity contribution in [3.05, 3.63) is 48.6 Å². The van der Waals surface area contributed by atoms with Gasteiger partial charge in [0.15, 0.2) is 6.10 Å². The summed E-state index contributed by atoms with van der Waals surface area (Å²) in [6.45, 7) is 6.61. The van der Waals surface area contributed by atoms with Crippen LogP contribution in [-0.2, 0) is 28.6 Å². The van der Waals surface area contributed by atoms with Crippen LogP contribution in [0.5, 0.6) is 0 Å². The first kappa shape index (κ1) is 63.4. The normalized spacial score (nSPS) is 12.3. The summed E-state index contributed by atoms with van der Waals surface area (Å²) >= 11 is 0. The van der Waals surface area contributed by atoms with E-state index >= 15 is 0 Å². The van der Waals surface area contributed by atoms with Crippen LogP contribution < -0.4 is 0 Å². The van der Waals surface area contributed by atoms with E-state index < -0.39 is 6.10 Å². The zero-order chi connectivity index (χ0) is 47.9. The zero-order valence-corrected chi connectivity index (χ0v) is 44.0. The fourth-order valence-electron chi connectivity index (χ4n) is 8.21. The predicted molar refractivity (Wildman–Crippen MR) is 284 cm³/mol. The molecule has 0 amide bonds. The Balaban J connectivity index is 4.22. The van der Waals surface area contributed by atoms with Crippen LogP contribution in [0.25, 0.3) is 0 Å². The molecule has 0 aromatic rings. The number of carbonyl (C=O) groups is 3. The molecule has 0 radical (unpaired) electrons. The predicted octanol–water partition coefficient (Wildman–Crippen LogP) is 19.0. The maximum atomic E-state index is 12.8. The van der Waals surface area contributed by atoms with E-state index in [1.165, 1.54) is 173 Å². The van der Waals surface area contributed by atoms with Crippen LogP contribution in [0.15, 0.2) is 48.6 Å². The molecule has 1 unspecified atom stereocenters. The van der Waals surface area contributed by atoms with Gasteiger partial charge in [-0.1, -0.05) is 243 Å². The molecule has 0 spiro atoms. The van der Waals surface area contributed by atoms with Gasteiger partial charge in [0, 0.05) is 19.3 Å². The summed E-state index contributed by atoms with van der Waals surface area (Å²) in [4.78, 5) is 38.0. The lowest BCUT2D eigenvalue weighted by atomic mass is 10.1. The number of hydrogen-bond acceptors (Lipinski definition) is 6. The largest absolute Gasteiger partial charge is 0.462 e. The Morgan fingerprint density at radius 1 is 0.303 bits per heavy atom. The molecule has 0 aliphatic carbocycles. The highest BCUT2D eigenvalue weighted by Crippen LogP contribution is 2.16. The fourth-order valence-corrected chi connectivity index (χ4v) is 8.21. The fraction of sp³-hybridized carbons (Fsp3) is 0.817. The lowest BCUT2D eigenvalue weighted by Crippen LogP contribution is -2.30. The number of allylic oxidation sites excluding steroid dienone is 8. The van der Waals surface area contributed by atoms with E-state index in [4.69, 9.17) is 14.2 Å². The van der Waals surface area contributed by atoms with Crippen LogP contribution in [0.4, 0.5) is 0 Å². The number of ether oxygens (including phenoxy) is 3. The number of hydrogen-bond donors (Lipinski definition) is 0. The minimum atomic E-state index is -0.775. The summed E-state index contributed by atoms with van der Waals surface area (Å²) in [6, 6.07) is 0. The van der Waals surface area contributed by atoms with Crippen LogP contribution in [-0.4, -0.2) is 37.2 Å². The van der Waals surface area contributed by atoms with Crippen LogP contribution in [0.2, 0.25) is 0 Å². The van der Waals surface area contributed by atoms with Crippen molar-refractivity contribution in [3.8, 4) is 0 Å². The summed E-state index contributed by atoms with van der Waals surface area (Å²) in [6.07, 6.45) is 66.8. The molecular formula is C60H108O6. The smallest absolute Gasteiger partial charge is 0.306 e. The van der Waals surface area contributed by atoms with E-state index in [0.29, 0.717) is 19.3 Å². The van der Waals surface area contributed by atoms with Crippen LogP contribution in [0, 0.1) is 0 Å². The molecule has 0 aromatic carbocycles. The molecule has 0 saturated carbocycles. The molecule has 0 rings (SSSR count). The van der Waals surface area contributed by atoms with E-state index in [9.17, 15) is 14.4 Å². The van der Waals surface area contributed by atoms with Gasteiger partial charge in [0.1, 0.15) is 13.2 Å². The number of esters is 3. The summed E-state index contributed by atoms with van der Waals surface area (Å²) in [5.74, 6) is -0.878. The highest BCUT2D eigenvalue weighted by Gasteiger charge is 2.19. The molecule has 0 bridgehead atoms. The number of unbranched alkanes of at least 4 members (excludes halogenated alkanes) is 33. The van der Waals surface area contributed by atoms with Crippen molar-refractivity contribution in [3.63, 3.8) is 0 Å². The SMILES string of the molecule is CCCCC/C=C\CCCCCCCC(=O)OC(COC(=O)CCCCCCCCCCCCC)COC(=O)CCCCCCCCCCCC/C=C\C/C=C\C/C=C\CCCCCCC. The van der Waals surface area contributed by atoms with E-state index in [1.807, 2.05) is 0 Å². The van der Waals surface area contributed by atoms with E-state index in [-0.39, 0.29) is 31.1 Å². The second-order valence-electron chi connectivity index (χ2n) is 19.2. The second-order valence-corrected chi connectivity index (χ2v) is 19.2. The van der Waals surface area contributed by atoms with Crippen molar-refractivity contribution in [2.75, 3.05) is 13.2 Å². The lowest BCUT2D eigenvalue weighted by molar-refractivity contribution is -0.167. The molecule has 0 fully saturated rings. The molecule has 66 heavy (non-hydrogen) atoms. The van der Waals surface area contributed by atoms with Crippen molar-refractivity contribution in [1.82, 2.24) is 0 Å². The molecule has 0 aromatic heterocycles. The van der Waals surface area contributed by atoms with Crippen LogP contribution in [0.1, 0.15) is 297 Å². The second kappa shape index (κ2) is 55.0. The Morgan fingerprint density at radius 3 is 0.894 bits per heavy atom. The zero-order valence-electron chi connectivity index (χ0n) is 44.0. The molecule has 0 aliphatic heterocycles. The molecule has 0 heterocycles. The maximum Gasteiger partial charge on any atom is 0.306 e. The van der Waals surface area contributed by atoms with Crippen molar-refractivity contribution in [2.45, 2.75) is 303 Å². The average molecular weight is 926 g/mol. The molecule has 0 aliphatic rings. The highest BCUT2D eigenvalue weighted by atomic mass is 16.6. The van der Waals surface area contributed by atoms with Gasteiger partial charge < -0.3 is 14.2 Å². The average Bonchev–Trinajstić information content (AvgIpc) is 3.31. The minimum Gasteiger partial charge on any atom is -0.462 e.